The molecular formula is C14H24NP. The van der Waals surface area contributed by atoms with E-state index in [9.17, 15) is 0 Å². The highest BCUT2D eigenvalue weighted by Gasteiger charge is 2.12. The lowest BCUT2D eigenvalue weighted by Gasteiger charge is -2.14. The Balaban J connectivity index is 1.88. The van der Waals surface area contributed by atoms with Crippen LogP contribution in [0, 0.1) is 0 Å². The summed E-state index contributed by atoms with van der Waals surface area (Å²) in [7, 11) is 1.36. The van der Waals surface area contributed by atoms with Gasteiger partial charge in [-0.1, -0.05) is 51.4 Å². The van der Waals surface area contributed by atoms with E-state index in [0.717, 1.165) is 5.92 Å². The first-order valence-electron chi connectivity index (χ1n) is 6.96. The Morgan fingerprint density at radius 3 is 1.94 bits per heavy atom. The minimum Gasteiger partial charge on any atom is -0.344 e. The highest BCUT2D eigenvalue weighted by molar-refractivity contribution is 7.26. The molecule has 0 atom stereocenters. The van der Waals surface area contributed by atoms with Crippen LogP contribution in [-0.4, -0.2) is 4.75 Å². The quantitative estimate of drug-likeness (QED) is 0.655. The number of hydrogen-bond donors (Lipinski definition) is 1. The molecule has 1 aliphatic carbocycles. The molecule has 0 aliphatic heterocycles. The summed E-state index contributed by atoms with van der Waals surface area (Å²) in [6.07, 6.45) is 16.6. The normalized spacial score (nSPS) is 22.0. The zero-order valence-electron chi connectivity index (χ0n) is 10.3. The molecule has 90 valence electrons. The number of hydrogen-bond acceptors (Lipinski definition) is 0. The van der Waals surface area contributed by atoms with E-state index in [2.05, 4.69) is 17.0 Å². The average molecular weight is 237 g/mol. The van der Waals surface area contributed by atoms with Crippen LogP contribution in [0.1, 0.15) is 75.4 Å². The van der Waals surface area contributed by atoms with E-state index in [1.54, 1.807) is 5.30 Å². The zero-order chi connectivity index (χ0) is 11.1. The lowest BCUT2D eigenvalue weighted by Crippen LogP contribution is -1.96. The van der Waals surface area contributed by atoms with Gasteiger partial charge in [0.25, 0.3) is 0 Å². The molecule has 2 rings (SSSR count). The number of aromatic amines is 1. The van der Waals surface area contributed by atoms with Gasteiger partial charge in [0.2, 0.25) is 0 Å². The summed E-state index contributed by atoms with van der Waals surface area (Å²) in [5, 5.41) is 1.64. The molecule has 1 aromatic rings. The van der Waals surface area contributed by atoms with Crippen molar-refractivity contribution < 1.29 is 0 Å². The molecule has 1 aromatic heterocycles. The highest BCUT2D eigenvalue weighted by atomic mass is 31.0. The van der Waals surface area contributed by atoms with Gasteiger partial charge in [0, 0.05) is 19.8 Å². The Kier molecular flexibility index (Phi) is 5.42. The number of aromatic nitrogens is 1. The van der Waals surface area contributed by atoms with Crippen LogP contribution in [-0.2, 0) is 0 Å². The van der Waals surface area contributed by atoms with Crippen LogP contribution in [0.15, 0.2) is 12.3 Å². The molecular weight excluding hydrogens is 213 g/mol. The molecule has 0 spiro atoms. The van der Waals surface area contributed by atoms with Crippen molar-refractivity contribution in [3.63, 3.8) is 0 Å². The smallest absolute Gasteiger partial charge is 0.0142 e. The second-order valence-corrected chi connectivity index (χ2v) is 6.10. The van der Waals surface area contributed by atoms with Gasteiger partial charge in [0.15, 0.2) is 0 Å². The van der Waals surface area contributed by atoms with Crippen molar-refractivity contribution in [2.24, 2.45) is 0 Å². The largest absolute Gasteiger partial charge is 0.344 e. The summed E-state index contributed by atoms with van der Waals surface area (Å²) in [5.74, 6) is 0.867. The second-order valence-electron chi connectivity index (χ2n) is 5.10. The minimum absolute atomic E-state index is 0.867. The van der Waals surface area contributed by atoms with Gasteiger partial charge in [-0.15, -0.1) is 0 Å². The van der Waals surface area contributed by atoms with Gasteiger partial charge >= 0.3 is 0 Å². The van der Waals surface area contributed by atoms with Crippen LogP contribution >= 0.6 is 8.35 Å². The van der Waals surface area contributed by atoms with Crippen molar-refractivity contribution in [3.8, 4) is 0 Å². The molecule has 0 saturated heterocycles. The number of rotatable bonds is 1. The molecule has 1 saturated carbocycles. The van der Waals surface area contributed by atoms with Gasteiger partial charge in [0.1, 0.15) is 0 Å². The fraction of sp³-hybridized carbons (Fsp3) is 0.786. The van der Waals surface area contributed by atoms with Gasteiger partial charge in [0.05, 0.1) is 0 Å². The summed E-state index contributed by atoms with van der Waals surface area (Å²) in [4.78, 5) is 0. The van der Waals surface area contributed by atoms with Gasteiger partial charge in [-0.25, -0.2) is 0 Å². The van der Waals surface area contributed by atoms with Crippen LogP contribution in [0.5, 0.6) is 0 Å². The maximum atomic E-state index is 3.30. The molecule has 1 aliphatic rings. The Bertz CT molecular complexity index is 256. The van der Waals surface area contributed by atoms with Crippen molar-refractivity contribution >= 4 is 8.35 Å². The summed E-state index contributed by atoms with van der Waals surface area (Å²) in [6.45, 7) is 0. The van der Waals surface area contributed by atoms with Crippen LogP contribution in [0.3, 0.4) is 0 Å². The van der Waals surface area contributed by atoms with Gasteiger partial charge in [-0.05, 0) is 24.8 Å². The number of H-pyrrole nitrogens is 1. The molecule has 2 heteroatoms. The molecule has 0 bridgehead atoms. The van der Waals surface area contributed by atoms with Crippen LogP contribution in [0.4, 0.5) is 0 Å². The first-order chi connectivity index (χ1) is 7.97. The van der Waals surface area contributed by atoms with Crippen molar-refractivity contribution in [2.75, 3.05) is 0 Å². The van der Waals surface area contributed by atoms with Crippen molar-refractivity contribution in [1.82, 2.24) is 4.75 Å². The molecule has 0 unspecified atom stereocenters. The third-order valence-corrected chi connectivity index (χ3v) is 4.85. The average Bonchev–Trinajstić information content (AvgIpc) is 2.79. The maximum absolute atomic E-state index is 3.30. The summed E-state index contributed by atoms with van der Waals surface area (Å²) in [6, 6.07) is 2.31. The monoisotopic (exact) mass is 237 g/mol. The van der Waals surface area contributed by atoms with E-state index in [0.29, 0.717) is 0 Å². The first-order valence-corrected chi connectivity index (χ1v) is 7.86. The SMILES string of the molecule is c1cc(C2CCCCCCCCCC2)p[nH]1. The van der Waals surface area contributed by atoms with Crippen molar-refractivity contribution in [3.05, 3.63) is 17.6 Å². The first kappa shape index (κ1) is 12.2. The predicted molar refractivity (Wildman–Crippen MR) is 72.2 cm³/mol. The van der Waals surface area contributed by atoms with Gasteiger partial charge in [-0.2, -0.15) is 0 Å². The van der Waals surface area contributed by atoms with Crippen molar-refractivity contribution in [1.29, 1.82) is 0 Å². The molecule has 0 radical (unpaired) electrons. The Morgan fingerprint density at radius 1 is 0.875 bits per heavy atom. The fourth-order valence-electron chi connectivity index (χ4n) is 2.78. The molecule has 16 heavy (non-hydrogen) atoms. The summed E-state index contributed by atoms with van der Waals surface area (Å²) >= 11 is 0. The lowest BCUT2D eigenvalue weighted by molar-refractivity contribution is 0.520. The van der Waals surface area contributed by atoms with Gasteiger partial charge in [-0.3, -0.25) is 0 Å². The molecule has 1 N–H and O–H groups in total. The van der Waals surface area contributed by atoms with Crippen LogP contribution < -0.4 is 0 Å². The van der Waals surface area contributed by atoms with Crippen LogP contribution in [0.2, 0.25) is 0 Å². The Morgan fingerprint density at radius 2 is 1.44 bits per heavy atom. The third-order valence-electron chi connectivity index (χ3n) is 3.80. The van der Waals surface area contributed by atoms with Gasteiger partial charge < -0.3 is 4.75 Å². The molecule has 0 aromatic carbocycles. The lowest BCUT2D eigenvalue weighted by atomic mass is 9.94. The molecule has 1 nitrogen and oxygen atoms in total. The summed E-state index contributed by atoms with van der Waals surface area (Å²) in [5.41, 5.74) is 0. The molecule has 1 fully saturated rings. The van der Waals surface area contributed by atoms with E-state index in [1.807, 2.05) is 0 Å². The second kappa shape index (κ2) is 7.12. The Hall–Kier alpha value is -0.290. The molecule has 0 amide bonds. The van der Waals surface area contributed by atoms with E-state index in [4.69, 9.17) is 0 Å². The van der Waals surface area contributed by atoms with Crippen LogP contribution in [0.25, 0.3) is 0 Å². The standard InChI is InChI=1S/C14H24NP/c1-2-4-6-8-10-13(9-7-5-3-1)14-11-12-15-16-14/h11-13,15H,1-10H2. The fourth-order valence-corrected chi connectivity index (χ4v) is 3.67. The minimum atomic E-state index is 0.867. The van der Waals surface area contributed by atoms with E-state index < -0.39 is 0 Å². The number of nitrogens with one attached hydrogen (secondary N) is 1. The topological polar surface area (TPSA) is 15.8 Å². The maximum Gasteiger partial charge on any atom is 0.0142 e. The highest BCUT2D eigenvalue weighted by Crippen LogP contribution is 2.33. The Labute approximate surface area is 101 Å². The third kappa shape index (κ3) is 3.94. The van der Waals surface area contributed by atoms with E-state index in [-0.39, 0.29) is 0 Å². The summed E-state index contributed by atoms with van der Waals surface area (Å²) < 4.78 is 3.30. The van der Waals surface area contributed by atoms with E-state index in [1.165, 1.54) is 72.6 Å². The van der Waals surface area contributed by atoms with E-state index >= 15 is 0 Å². The molecule has 1 heterocycles. The predicted octanol–water partition coefficient (Wildman–Crippen LogP) is 5.59. The van der Waals surface area contributed by atoms with Crippen molar-refractivity contribution in [2.45, 2.75) is 70.1 Å². The zero-order valence-corrected chi connectivity index (χ0v) is 11.1.